The Morgan fingerprint density at radius 3 is 2.29 bits per heavy atom. The second kappa shape index (κ2) is 10.3. The summed E-state index contributed by atoms with van der Waals surface area (Å²) >= 11 is 1.38. The molecular formula is C22H25NO7S. The van der Waals surface area contributed by atoms with Gasteiger partial charge in [-0.05, 0) is 50.3 Å². The molecule has 1 aromatic heterocycles. The number of hydrogen-bond acceptors (Lipinski definition) is 8. The number of aryl methyl sites for hydroxylation is 1. The van der Waals surface area contributed by atoms with Crippen LogP contribution in [0.5, 0.6) is 11.5 Å². The lowest BCUT2D eigenvalue weighted by Crippen LogP contribution is -2.22. The molecule has 3 rings (SSSR count). The van der Waals surface area contributed by atoms with E-state index in [1.165, 1.54) is 37.7 Å². The van der Waals surface area contributed by atoms with Gasteiger partial charge in [0.1, 0.15) is 16.5 Å². The molecule has 0 radical (unpaired) electrons. The Labute approximate surface area is 184 Å². The van der Waals surface area contributed by atoms with E-state index in [9.17, 15) is 14.4 Å². The number of nitrogens with one attached hydrogen (secondary N) is 1. The van der Waals surface area contributed by atoms with Crippen LogP contribution in [0, 0.1) is 0 Å². The van der Waals surface area contributed by atoms with Gasteiger partial charge in [0.15, 0.2) is 6.61 Å². The Morgan fingerprint density at radius 1 is 0.968 bits per heavy atom. The molecule has 0 fully saturated rings. The molecule has 9 heteroatoms. The first-order chi connectivity index (χ1) is 15.0. The molecule has 0 unspecified atom stereocenters. The van der Waals surface area contributed by atoms with Crippen LogP contribution in [-0.4, -0.2) is 45.3 Å². The number of fused-ring (bicyclic) bond motifs is 1. The molecular weight excluding hydrogens is 422 g/mol. The van der Waals surface area contributed by atoms with Crippen LogP contribution in [0.25, 0.3) is 0 Å². The van der Waals surface area contributed by atoms with Crippen LogP contribution < -0.4 is 14.8 Å². The summed E-state index contributed by atoms with van der Waals surface area (Å²) in [6.07, 6.45) is 3.69. The molecule has 1 heterocycles. The number of anilines is 1. The topological polar surface area (TPSA) is 100 Å². The number of rotatable bonds is 8. The Kier molecular flexibility index (Phi) is 7.51. The lowest BCUT2D eigenvalue weighted by atomic mass is 9.95. The first kappa shape index (κ1) is 22.6. The minimum absolute atomic E-state index is 0.197. The second-order valence-electron chi connectivity index (χ2n) is 6.86. The Hall–Kier alpha value is -3.07. The van der Waals surface area contributed by atoms with Gasteiger partial charge < -0.3 is 24.3 Å². The first-order valence-corrected chi connectivity index (χ1v) is 10.8. The van der Waals surface area contributed by atoms with E-state index in [2.05, 4.69) is 5.32 Å². The first-order valence-electron chi connectivity index (χ1n) is 9.98. The lowest BCUT2D eigenvalue weighted by Gasteiger charge is -2.12. The molecule has 8 nitrogen and oxygen atoms in total. The van der Waals surface area contributed by atoms with Gasteiger partial charge in [-0.25, -0.2) is 9.59 Å². The molecule has 31 heavy (non-hydrogen) atoms. The fourth-order valence-corrected chi connectivity index (χ4v) is 4.67. The smallest absolute Gasteiger partial charge is 0.341 e. The Morgan fingerprint density at radius 2 is 1.65 bits per heavy atom. The number of esters is 2. The van der Waals surface area contributed by atoms with Crippen LogP contribution in [-0.2, 0) is 27.1 Å². The summed E-state index contributed by atoms with van der Waals surface area (Å²) in [5.41, 5.74) is 1.56. The minimum Gasteiger partial charge on any atom is -0.497 e. The number of amides is 1. The van der Waals surface area contributed by atoms with Crippen molar-refractivity contribution in [2.75, 3.05) is 32.8 Å². The number of benzene rings is 1. The van der Waals surface area contributed by atoms with E-state index in [1.807, 2.05) is 0 Å². The molecule has 1 amide bonds. The average Bonchev–Trinajstić information content (AvgIpc) is 3.14. The number of hydrogen-bond donors (Lipinski definition) is 1. The monoisotopic (exact) mass is 447 g/mol. The highest BCUT2D eigenvalue weighted by Gasteiger charge is 2.27. The zero-order valence-corrected chi connectivity index (χ0v) is 18.6. The van der Waals surface area contributed by atoms with E-state index in [0.29, 0.717) is 22.1 Å². The number of ether oxygens (including phenoxy) is 4. The molecule has 0 atom stereocenters. The fraction of sp³-hybridized carbons (Fsp3) is 0.409. The summed E-state index contributed by atoms with van der Waals surface area (Å²) in [6, 6.07) is 4.61. The quantitative estimate of drug-likeness (QED) is 0.617. The molecule has 2 aromatic rings. The van der Waals surface area contributed by atoms with Gasteiger partial charge in [0.25, 0.3) is 5.91 Å². The van der Waals surface area contributed by atoms with Gasteiger partial charge in [0.2, 0.25) is 0 Å². The number of thiophene rings is 1. The third kappa shape index (κ3) is 5.35. The zero-order chi connectivity index (χ0) is 22.4. The predicted molar refractivity (Wildman–Crippen MR) is 115 cm³/mol. The van der Waals surface area contributed by atoms with Gasteiger partial charge in [-0.3, -0.25) is 4.79 Å². The largest absolute Gasteiger partial charge is 0.497 e. The standard InChI is InChI=1S/C22H25NO7S/c1-4-29-22(26)19-16-7-5-6-8-17(16)31-20(19)23-18(24)12-30-21(25)13-9-14(27-2)11-15(10-13)28-3/h9-11H,4-8,12H2,1-3H3,(H,23,24). The predicted octanol–water partition coefficient (Wildman–Crippen LogP) is 3.62. The van der Waals surface area contributed by atoms with E-state index in [1.54, 1.807) is 13.0 Å². The molecule has 1 aromatic carbocycles. The van der Waals surface area contributed by atoms with Crippen molar-refractivity contribution in [2.24, 2.45) is 0 Å². The van der Waals surface area contributed by atoms with Crippen molar-refractivity contribution in [3.05, 3.63) is 39.8 Å². The molecule has 1 aliphatic rings. The molecule has 0 aliphatic heterocycles. The summed E-state index contributed by atoms with van der Waals surface area (Å²) in [5.74, 6) is -0.813. The third-order valence-electron chi connectivity index (χ3n) is 4.83. The summed E-state index contributed by atoms with van der Waals surface area (Å²) in [5, 5.41) is 3.15. The maximum absolute atomic E-state index is 12.5. The number of carbonyl (C=O) groups is 3. The summed E-state index contributed by atoms with van der Waals surface area (Å²) in [7, 11) is 2.94. The third-order valence-corrected chi connectivity index (χ3v) is 6.03. The zero-order valence-electron chi connectivity index (χ0n) is 17.7. The summed E-state index contributed by atoms with van der Waals surface area (Å²) in [4.78, 5) is 38.4. The molecule has 1 aliphatic carbocycles. The SMILES string of the molecule is CCOC(=O)c1c(NC(=O)COC(=O)c2cc(OC)cc(OC)c2)sc2c1CCCC2. The van der Waals surface area contributed by atoms with Crippen molar-refractivity contribution in [1.82, 2.24) is 0 Å². The molecule has 0 spiro atoms. The molecule has 0 bridgehead atoms. The van der Waals surface area contributed by atoms with Gasteiger partial charge in [0.05, 0.1) is 32.0 Å². The normalized spacial score (nSPS) is 12.5. The van der Waals surface area contributed by atoms with Crippen LogP contribution in [0.2, 0.25) is 0 Å². The van der Waals surface area contributed by atoms with E-state index < -0.39 is 24.5 Å². The number of methoxy groups -OCH3 is 2. The molecule has 166 valence electrons. The van der Waals surface area contributed by atoms with Crippen LogP contribution in [0.4, 0.5) is 5.00 Å². The van der Waals surface area contributed by atoms with E-state index in [0.717, 1.165) is 36.1 Å². The van der Waals surface area contributed by atoms with Crippen molar-refractivity contribution in [3.63, 3.8) is 0 Å². The Bertz CT molecular complexity index is 960. The van der Waals surface area contributed by atoms with Crippen LogP contribution >= 0.6 is 11.3 Å². The average molecular weight is 448 g/mol. The van der Waals surface area contributed by atoms with Crippen molar-refractivity contribution < 1.29 is 33.3 Å². The minimum atomic E-state index is -0.691. The number of carbonyl (C=O) groups excluding carboxylic acids is 3. The maximum atomic E-state index is 12.5. The van der Waals surface area contributed by atoms with Crippen molar-refractivity contribution in [3.8, 4) is 11.5 Å². The van der Waals surface area contributed by atoms with Gasteiger partial charge in [-0.15, -0.1) is 11.3 Å². The van der Waals surface area contributed by atoms with Crippen molar-refractivity contribution >= 4 is 34.2 Å². The van der Waals surface area contributed by atoms with Crippen LogP contribution in [0.1, 0.15) is 50.9 Å². The second-order valence-corrected chi connectivity index (χ2v) is 7.97. The van der Waals surface area contributed by atoms with Crippen LogP contribution in [0.15, 0.2) is 18.2 Å². The van der Waals surface area contributed by atoms with Crippen molar-refractivity contribution in [1.29, 1.82) is 0 Å². The summed E-state index contributed by atoms with van der Waals surface area (Å²) < 4.78 is 20.6. The fourth-order valence-electron chi connectivity index (χ4n) is 3.38. The van der Waals surface area contributed by atoms with Gasteiger partial charge in [-0.1, -0.05) is 0 Å². The van der Waals surface area contributed by atoms with E-state index >= 15 is 0 Å². The lowest BCUT2D eigenvalue weighted by molar-refractivity contribution is -0.119. The highest BCUT2D eigenvalue weighted by Crippen LogP contribution is 2.38. The Balaban J connectivity index is 1.69. The molecule has 1 N–H and O–H groups in total. The van der Waals surface area contributed by atoms with Gasteiger partial charge >= 0.3 is 11.9 Å². The highest BCUT2D eigenvalue weighted by molar-refractivity contribution is 7.17. The molecule has 0 saturated heterocycles. The highest BCUT2D eigenvalue weighted by atomic mass is 32.1. The summed E-state index contributed by atoms with van der Waals surface area (Å²) in [6.45, 7) is 1.49. The van der Waals surface area contributed by atoms with E-state index in [-0.39, 0.29) is 12.2 Å². The van der Waals surface area contributed by atoms with Gasteiger partial charge in [0, 0.05) is 10.9 Å². The van der Waals surface area contributed by atoms with Crippen LogP contribution in [0.3, 0.4) is 0 Å². The van der Waals surface area contributed by atoms with E-state index in [4.69, 9.17) is 18.9 Å². The molecule has 0 saturated carbocycles. The van der Waals surface area contributed by atoms with Crippen molar-refractivity contribution in [2.45, 2.75) is 32.6 Å². The maximum Gasteiger partial charge on any atom is 0.341 e. The van der Waals surface area contributed by atoms with Gasteiger partial charge in [-0.2, -0.15) is 0 Å².